The molecule has 23 heavy (non-hydrogen) atoms. The van der Waals surface area contributed by atoms with Gasteiger partial charge < -0.3 is 10.2 Å². The topological polar surface area (TPSA) is 62.3 Å². The molecule has 0 radical (unpaired) electrons. The minimum atomic E-state index is -0.591. The van der Waals surface area contributed by atoms with Crippen LogP contribution in [0.15, 0.2) is 36.4 Å². The number of anilines is 1. The molecule has 1 saturated heterocycles. The van der Waals surface area contributed by atoms with Crippen molar-refractivity contribution in [1.29, 1.82) is 0 Å². The normalized spacial score (nSPS) is 16.2. The zero-order chi connectivity index (χ0) is 16.2. The molecule has 1 aliphatic rings. The van der Waals surface area contributed by atoms with Crippen LogP contribution in [0.3, 0.4) is 0 Å². The Bertz CT molecular complexity index is 699. The molecule has 1 N–H and O–H groups in total. The fraction of sp³-hybridized carbons (Fsp3) is 0.353. The Hall–Kier alpha value is -2.21. The number of hydrogen-bond acceptors (Lipinski definition) is 4. The highest BCUT2D eigenvalue weighted by atomic mass is 32.1. The number of amides is 2. The van der Waals surface area contributed by atoms with Gasteiger partial charge in [-0.1, -0.05) is 30.3 Å². The van der Waals surface area contributed by atoms with Gasteiger partial charge in [-0.05, 0) is 42.9 Å². The van der Waals surface area contributed by atoms with Crippen molar-refractivity contribution in [2.45, 2.75) is 32.2 Å². The summed E-state index contributed by atoms with van der Waals surface area (Å²) in [5.41, 5.74) is 1.71. The van der Waals surface area contributed by atoms with Crippen LogP contribution in [0.1, 0.15) is 36.6 Å². The van der Waals surface area contributed by atoms with Crippen LogP contribution in [0.5, 0.6) is 0 Å². The first-order valence-corrected chi connectivity index (χ1v) is 8.51. The van der Waals surface area contributed by atoms with Gasteiger partial charge in [-0.25, -0.2) is 0 Å². The molecule has 0 bridgehead atoms. The second-order valence-corrected chi connectivity index (χ2v) is 6.48. The Morgan fingerprint density at radius 3 is 2.74 bits per heavy atom. The SMILES string of the molecule is Cc1cc(NC(=O)C(c2ccccc2)N2CCCCC2=O)sn1. The summed E-state index contributed by atoms with van der Waals surface area (Å²) in [7, 11) is 0. The summed E-state index contributed by atoms with van der Waals surface area (Å²) in [6, 6.07) is 10.7. The smallest absolute Gasteiger partial charge is 0.252 e. The molecule has 6 heteroatoms. The lowest BCUT2D eigenvalue weighted by molar-refractivity contribution is -0.141. The molecule has 1 fully saturated rings. The van der Waals surface area contributed by atoms with Crippen LogP contribution >= 0.6 is 11.5 Å². The molecule has 3 rings (SSSR count). The van der Waals surface area contributed by atoms with Crippen molar-refractivity contribution in [2.24, 2.45) is 0 Å². The zero-order valence-electron chi connectivity index (χ0n) is 13.0. The first kappa shape index (κ1) is 15.7. The van der Waals surface area contributed by atoms with Crippen LogP contribution < -0.4 is 5.32 Å². The average molecular weight is 329 g/mol. The van der Waals surface area contributed by atoms with Gasteiger partial charge in [-0.3, -0.25) is 9.59 Å². The quantitative estimate of drug-likeness (QED) is 0.937. The van der Waals surface area contributed by atoms with Gasteiger partial charge in [0, 0.05) is 13.0 Å². The Morgan fingerprint density at radius 1 is 1.30 bits per heavy atom. The van der Waals surface area contributed by atoms with Gasteiger partial charge in [0.05, 0.1) is 5.69 Å². The predicted octanol–water partition coefficient (Wildman–Crippen LogP) is 3.14. The molecule has 1 unspecified atom stereocenters. The summed E-state index contributed by atoms with van der Waals surface area (Å²) in [5, 5.41) is 3.61. The van der Waals surface area contributed by atoms with Gasteiger partial charge in [-0.15, -0.1) is 0 Å². The highest BCUT2D eigenvalue weighted by Gasteiger charge is 2.32. The standard InChI is InChI=1S/C17H19N3O2S/c1-12-11-14(23-19-12)18-17(22)16(13-7-3-2-4-8-13)20-10-6-5-9-15(20)21/h2-4,7-8,11,16H,5-6,9-10H2,1H3,(H,18,22). The second kappa shape index (κ2) is 6.91. The Morgan fingerprint density at radius 2 is 2.09 bits per heavy atom. The van der Waals surface area contributed by atoms with Gasteiger partial charge >= 0.3 is 0 Å². The maximum Gasteiger partial charge on any atom is 0.252 e. The molecule has 1 atom stereocenters. The molecule has 0 spiro atoms. The van der Waals surface area contributed by atoms with Gasteiger partial charge in [0.2, 0.25) is 5.91 Å². The van der Waals surface area contributed by atoms with E-state index in [-0.39, 0.29) is 11.8 Å². The van der Waals surface area contributed by atoms with E-state index in [1.165, 1.54) is 11.5 Å². The number of carbonyl (C=O) groups excluding carboxylic acids is 2. The summed E-state index contributed by atoms with van der Waals surface area (Å²) in [6.07, 6.45) is 2.34. The molecule has 2 amide bonds. The van der Waals surface area contributed by atoms with Crippen molar-refractivity contribution in [3.8, 4) is 0 Å². The Kier molecular flexibility index (Phi) is 4.71. The van der Waals surface area contributed by atoms with Gasteiger partial charge in [-0.2, -0.15) is 4.37 Å². The van der Waals surface area contributed by atoms with Crippen molar-refractivity contribution >= 4 is 28.3 Å². The molecule has 2 heterocycles. The molecule has 120 valence electrons. The largest absolute Gasteiger partial charge is 0.327 e. The van der Waals surface area contributed by atoms with E-state index in [9.17, 15) is 9.59 Å². The number of nitrogens with zero attached hydrogens (tertiary/aromatic N) is 2. The minimum absolute atomic E-state index is 0.0424. The van der Waals surface area contributed by atoms with E-state index in [0.717, 1.165) is 24.1 Å². The molecule has 2 aromatic rings. The summed E-state index contributed by atoms with van der Waals surface area (Å²) in [6.45, 7) is 2.50. The third kappa shape index (κ3) is 3.59. The molecule has 1 aromatic heterocycles. The monoisotopic (exact) mass is 329 g/mol. The van der Waals surface area contributed by atoms with E-state index in [0.29, 0.717) is 18.0 Å². The van der Waals surface area contributed by atoms with Crippen LogP contribution in [-0.2, 0) is 9.59 Å². The predicted molar refractivity (Wildman–Crippen MR) is 90.2 cm³/mol. The molecule has 1 aliphatic heterocycles. The highest BCUT2D eigenvalue weighted by molar-refractivity contribution is 7.10. The summed E-state index contributed by atoms with van der Waals surface area (Å²) in [4.78, 5) is 26.8. The average Bonchev–Trinajstić information content (AvgIpc) is 2.95. The third-order valence-corrected chi connectivity index (χ3v) is 4.71. The number of carbonyl (C=O) groups is 2. The Balaban J connectivity index is 1.88. The lowest BCUT2D eigenvalue weighted by Gasteiger charge is -2.33. The van der Waals surface area contributed by atoms with E-state index < -0.39 is 6.04 Å². The zero-order valence-corrected chi connectivity index (χ0v) is 13.8. The molecular weight excluding hydrogens is 310 g/mol. The van der Waals surface area contributed by atoms with Crippen LogP contribution in [0, 0.1) is 6.92 Å². The fourth-order valence-electron chi connectivity index (χ4n) is 2.82. The second-order valence-electron chi connectivity index (χ2n) is 5.68. The van der Waals surface area contributed by atoms with Crippen molar-refractivity contribution in [1.82, 2.24) is 9.27 Å². The first-order valence-electron chi connectivity index (χ1n) is 7.74. The van der Waals surface area contributed by atoms with Crippen LogP contribution in [0.4, 0.5) is 5.00 Å². The van der Waals surface area contributed by atoms with E-state index in [4.69, 9.17) is 0 Å². The number of hydrogen-bond donors (Lipinski definition) is 1. The van der Waals surface area contributed by atoms with Crippen molar-refractivity contribution in [3.63, 3.8) is 0 Å². The van der Waals surface area contributed by atoms with Crippen LogP contribution in [0.25, 0.3) is 0 Å². The number of benzene rings is 1. The van der Waals surface area contributed by atoms with Gasteiger partial charge in [0.15, 0.2) is 0 Å². The van der Waals surface area contributed by atoms with Gasteiger partial charge in [0.25, 0.3) is 5.91 Å². The fourth-order valence-corrected chi connectivity index (χ4v) is 3.48. The Labute approximate surface area is 139 Å². The number of rotatable bonds is 4. The highest BCUT2D eigenvalue weighted by Crippen LogP contribution is 2.27. The summed E-state index contributed by atoms with van der Waals surface area (Å²) >= 11 is 1.25. The number of piperidine rings is 1. The van der Waals surface area contributed by atoms with Gasteiger partial charge in [0.1, 0.15) is 11.0 Å². The maximum absolute atomic E-state index is 12.8. The van der Waals surface area contributed by atoms with E-state index in [2.05, 4.69) is 9.69 Å². The van der Waals surface area contributed by atoms with Crippen molar-refractivity contribution in [2.75, 3.05) is 11.9 Å². The summed E-state index contributed by atoms with van der Waals surface area (Å²) in [5.74, 6) is -0.143. The minimum Gasteiger partial charge on any atom is -0.327 e. The molecule has 0 aliphatic carbocycles. The molecule has 1 aromatic carbocycles. The van der Waals surface area contributed by atoms with Crippen molar-refractivity contribution < 1.29 is 9.59 Å². The maximum atomic E-state index is 12.8. The molecule has 0 saturated carbocycles. The van der Waals surface area contributed by atoms with Crippen molar-refractivity contribution in [3.05, 3.63) is 47.7 Å². The third-order valence-electron chi connectivity index (χ3n) is 3.91. The molecular formula is C17H19N3O2S. The van der Waals surface area contributed by atoms with Crippen LogP contribution in [-0.4, -0.2) is 27.6 Å². The first-order chi connectivity index (χ1) is 11.1. The summed E-state index contributed by atoms with van der Waals surface area (Å²) < 4.78 is 4.18. The van der Waals surface area contributed by atoms with E-state index in [1.54, 1.807) is 4.90 Å². The van der Waals surface area contributed by atoms with E-state index in [1.807, 2.05) is 43.3 Å². The number of likely N-dealkylation sites (tertiary alicyclic amines) is 1. The van der Waals surface area contributed by atoms with Crippen LogP contribution in [0.2, 0.25) is 0 Å². The lowest BCUT2D eigenvalue weighted by atomic mass is 10.0. The van der Waals surface area contributed by atoms with E-state index >= 15 is 0 Å². The number of nitrogens with one attached hydrogen (secondary N) is 1. The number of aromatic nitrogens is 1. The molecule has 5 nitrogen and oxygen atoms in total. The lowest BCUT2D eigenvalue weighted by Crippen LogP contribution is -2.43. The number of aryl methyl sites for hydroxylation is 1.